The summed E-state index contributed by atoms with van der Waals surface area (Å²) in [5, 5.41) is 7.63. The van der Waals surface area contributed by atoms with E-state index in [1.165, 1.54) is 0 Å². The number of amides is 1. The van der Waals surface area contributed by atoms with Crippen LogP contribution in [0.2, 0.25) is 0 Å². The van der Waals surface area contributed by atoms with E-state index in [-0.39, 0.29) is 11.9 Å². The van der Waals surface area contributed by atoms with Gasteiger partial charge in [0.05, 0.1) is 22.7 Å². The van der Waals surface area contributed by atoms with Crippen LogP contribution in [0.25, 0.3) is 11.1 Å². The predicted octanol–water partition coefficient (Wildman–Crippen LogP) is 2.57. The molecule has 1 aromatic carbocycles. The molecule has 0 saturated heterocycles. The lowest BCUT2D eigenvalue weighted by Crippen LogP contribution is -2.42. The minimum atomic E-state index is -0.162. The van der Waals surface area contributed by atoms with Crippen LogP contribution < -0.4 is 10.1 Å². The summed E-state index contributed by atoms with van der Waals surface area (Å²) in [4.78, 5) is 17.1. The van der Waals surface area contributed by atoms with Gasteiger partial charge < -0.3 is 14.6 Å². The van der Waals surface area contributed by atoms with Gasteiger partial charge in [0.15, 0.2) is 0 Å². The Balaban J connectivity index is 1.61. The van der Waals surface area contributed by atoms with Gasteiger partial charge in [-0.2, -0.15) is 0 Å². The van der Waals surface area contributed by atoms with E-state index in [1.807, 2.05) is 31.2 Å². The molecular weight excluding hydrogens is 306 g/mol. The number of benzene rings is 1. The zero-order chi connectivity index (χ0) is 16.7. The number of aromatic nitrogens is 2. The molecule has 0 unspecified atom stereocenters. The topological polar surface area (TPSA) is 77.2 Å². The largest absolute Gasteiger partial charge is 0.491 e. The maximum atomic E-state index is 12.8. The zero-order valence-corrected chi connectivity index (χ0v) is 13.5. The first-order chi connectivity index (χ1) is 11.6. The quantitative estimate of drug-likeness (QED) is 0.784. The maximum absolute atomic E-state index is 12.8. The first-order valence-electron chi connectivity index (χ1n) is 7.87. The number of ether oxygens (including phenoxy) is 1. The molecule has 6 nitrogen and oxygen atoms in total. The van der Waals surface area contributed by atoms with Gasteiger partial charge in [0.2, 0.25) is 0 Å². The van der Waals surface area contributed by atoms with Crippen LogP contribution in [0.4, 0.5) is 0 Å². The number of rotatable bonds is 2. The molecule has 0 radical (unpaired) electrons. The Kier molecular flexibility index (Phi) is 3.45. The third-order valence-corrected chi connectivity index (χ3v) is 4.20. The van der Waals surface area contributed by atoms with Crippen molar-refractivity contribution in [1.82, 2.24) is 15.5 Å². The predicted molar refractivity (Wildman–Crippen MR) is 88.2 cm³/mol. The summed E-state index contributed by atoms with van der Waals surface area (Å²) in [5.41, 5.74) is 3.41. The van der Waals surface area contributed by atoms with Gasteiger partial charge in [0, 0.05) is 5.69 Å². The van der Waals surface area contributed by atoms with Crippen molar-refractivity contribution in [2.24, 2.45) is 0 Å². The van der Waals surface area contributed by atoms with E-state index in [0.29, 0.717) is 34.7 Å². The Labute approximate surface area is 138 Å². The minimum absolute atomic E-state index is 0.0731. The average Bonchev–Trinajstić information content (AvgIpc) is 2.95. The van der Waals surface area contributed by atoms with E-state index in [9.17, 15) is 4.79 Å². The van der Waals surface area contributed by atoms with Crippen molar-refractivity contribution in [1.29, 1.82) is 0 Å². The molecule has 0 saturated carbocycles. The molecule has 1 atom stereocenters. The number of para-hydroxylation sites is 1. The van der Waals surface area contributed by atoms with Gasteiger partial charge in [-0.05, 0) is 38.0 Å². The lowest BCUT2D eigenvalue weighted by molar-refractivity contribution is 0.0917. The third-order valence-electron chi connectivity index (χ3n) is 4.20. The van der Waals surface area contributed by atoms with Gasteiger partial charge in [0.25, 0.3) is 11.6 Å². The molecule has 0 fully saturated rings. The molecule has 122 valence electrons. The molecule has 0 spiro atoms. The standard InChI is InChI=1S/C18H17N3O3/c1-10-7-14(16-11(2)21-24-18(16)19-10)17(22)20-13-8-12-5-3-4-6-15(12)23-9-13/h3-7,13H,8-9H2,1-2H3,(H,20,22)/t13-/m1/s1. The fraction of sp³-hybridized carbons (Fsp3) is 0.278. The van der Waals surface area contributed by atoms with Crippen molar-refractivity contribution < 1.29 is 14.1 Å². The fourth-order valence-electron chi connectivity index (χ4n) is 3.08. The number of nitrogens with zero attached hydrogens (tertiary/aromatic N) is 2. The van der Waals surface area contributed by atoms with Crippen molar-refractivity contribution in [3.05, 3.63) is 52.8 Å². The molecule has 1 amide bonds. The Morgan fingerprint density at radius 3 is 3.00 bits per heavy atom. The Bertz CT molecular complexity index is 932. The van der Waals surface area contributed by atoms with E-state index < -0.39 is 0 Å². The minimum Gasteiger partial charge on any atom is -0.491 e. The van der Waals surface area contributed by atoms with Crippen molar-refractivity contribution in [3.63, 3.8) is 0 Å². The highest BCUT2D eigenvalue weighted by Gasteiger charge is 2.24. The number of hydrogen-bond donors (Lipinski definition) is 1. The summed E-state index contributed by atoms with van der Waals surface area (Å²) >= 11 is 0. The van der Waals surface area contributed by atoms with E-state index in [2.05, 4.69) is 15.5 Å². The zero-order valence-electron chi connectivity index (χ0n) is 13.5. The molecule has 3 heterocycles. The summed E-state index contributed by atoms with van der Waals surface area (Å²) in [6.45, 7) is 4.09. The summed E-state index contributed by atoms with van der Waals surface area (Å²) in [7, 11) is 0. The SMILES string of the molecule is Cc1cc(C(=O)N[C@H]2COc3ccccc3C2)c2c(C)noc2n1. The third kappa shape index (κ3) is 2.50. The first kappa shape index (κ1) is 14.7. The Hall–Kier alpha value is -2.89. The molecular formula is C18H17N3O3. The maximum Gasteiger partial charge on any atom is 0.258 e. The van der Waals surface area contributed by atoms with Gasteiger partial charge >= 0.3 is 0 Å². The molecule has 2 aromatic heterocycles. The van der Waals surface area contributed by atoms with Gasteiger partial charge in [-0.1, -0.05) is 23.4 Å². The van der Waals surface area contributed by atoms with Crippen LogP contribution in [-0.4, -0.2) is 28.7 Å². The van der Waals surface area contributed by atoms with E-state index in [1.54, 1.807) is 13.0 Å². The molecule has 0 bridgehead atoms. The summed E-state index contributed by atoms with van der Waals surface area (Å²) in [6, 6.07) is 9.58. The van der Waals surface area contributed by atoms with Gasteiger partial charge in [0.1, 0.15) is 12.4 Å². The molecule has 1 N–H and O–H groups in total. The lowest BCUT2D eigenvalue weighted by atomic mass is 10.0. The lowest BCUT2D eigenvalue weighted by Gasteiger charge is -2.26. The highest BCUT2D eigenvalue weighted by Crippen LogP contribution is 2.25. The van der Waals surface area contributed by atoms with Gasteiger partial charge in [-0.3, -0.25) is 4.79 Å². The van der Waals surface area contributed by atoms with Crippen LogP contribution >= 0.6 is 0 Å². The van der Waals surface area contributed by atoms with Crippen molar-refractivity contribution >= 4 is 17.0 Å². The molecule has 24 heavy (non-hydrogen) atoms. The second kappa shape index (κ2) is 5.63. The number of fused-ring (bicyclic) bond motifs is 2. The van der Waals surface area contributed by atoms with Gasteiger partial charge in [-0.15, -0.1) is 0 Å². The molecule has 1 aliphatic rings. The molecule has 6 heteroatoms. The average molecular weight is 323 g/mol. The fourth-order valence-corrected chi connectivity index (χ4v) is 3.08. The van der Waals surface area contributed by atoms with E-state index in [0.717, 1.165) is 17.7 Å². The monoisotopic (exact) mass is 323 g/mol. The second-order valence-electron chi connectivity index (χ2n) is 6.05. The van der Waals surface area contributed by atoms with Crippen molar-refractivity contribution in [3.8, 4) is 5.75 Å². The summed E-state index contributed by atoms with van der Waals surface area (Å²) in [6.07, 6.45) is 0.748. The smallest absolute Gasteiger partial charge is 0.258 e. The van der Waals surface area contributed by atoms with Gasteiger partial charge in [-0.25, -0.2) is 4.98 Å². The number of carbonyl (C=O) groups is 1. The summed E-state index contributed by atoms with van der Waals surface area (Å²) < 4.78 is 10.9. The van der Waals surface area contributed by atoms with Crippen LogP contribution in [0.5, 0.6) is 5.75 Å². The second-order valence-corrected chi connectivity index (χ2v) is 6.05. The Morgan fingerprint density at radius 1 is 1.29 bits per heavy atom. The first-order valence-corrected chi connectivity index (χ1v) is 7.87. The van der Waals surface area contributed by atoms with Crippen LogP contribution in [0.15, 0.2) is 34.9 Å². The van der Waals surface area contributed by atoms with Crippen molar-refractivity contribution in [2.45, 2.75) is 26.3 Å². The van der Waals surface area contributed by atoms with Crippen LogP contribution in [0.1, 0.15) is 27.3 Å². The molecule has 3 aromatic rings. The van der Waals surface area contributed by atoms with E-state index in [4.69, 9.17) is 9.26 Å². The summed E-state index contributed by atoms with van der Waals surface area (Å²) in [5.74, 6) is 0.727. The van der Waals surface area contributed by atoms with Crippen LogP contribution in [-0.2, 0) is 6.42 Å². The molecule has 0 aliphatic carbocycles. The van der Waals surface area contributed by atoms with Crippen LogP contribution in [0.3, 0.4) is 0 Å². The number of pyridine rings is 1. The Morgan fingerprint density at radius 2 is 2.12 bits per heavy atom. The number of aryl methyl sites for hydroxylation is 2. The van der Waals surface area contributed by atoms with Crippen molar-refractivity contribution in [2.75, 3.05) is 6.61 Å². The number of carbonyl (C=O) groups excluding carboxylic acids is 1. The number of hydrogen-bond acceptors (Lipinski definition) is 5. The normalized spacial score (nSPS) is 16.5. The highest BCUT2D eigenvalue weighted by atomic mass is 16.5. The number of nitrogens with one attached hydrogen (secondary N) is 1. The van der Waals surface area contributed by atoms with Crippen LogP contribution in [0, 0.1) is 13.8 Å². The highest BCUT2D eigenvalue weighted by molar-refractivity contribution is 6.06. The molecule has 4 rings (SSSR count). The van der Waals surface area contributed by atoms with E-state index >= 15 is 0 Å². The molecule has 1 aliphatic heterocycles.